The molecule has 4 nitrogen and oxygen atoms in total. The monoisotopic (exact) mass is 278 g/mol. The molecule has 0 bridgehead atoms. The first kappa shape index (κ1) is 15.1. The Morgan fingerprint density at radius 1 is 1.20 bits per heavy atom. The quantitative estimate of drug-likeness (QED) is 0.866. The van der Waals surface area contributed by atoms with E-state index >= 15 is 0 Å². The van der Waals surface area contributed by atoms with Crippen molar-refractivity contribution in [2.45, 2.75) is 26.3 Å². The van der Waals surface area contributed by atoms with Gasteiger partial charge in [0.15, 0.2) is 11.5 Å². The highest BCUT2D eigenvalue weighted by atomic mass is 16.5. The van der Waals surface area contributed by atoms with Gasteiger partial charge in [-0.25, -0.2) is 0 Å². The van der Waals surface area contributed by atoms with Crippen LogP contribution in [0.4, 0.5) is 0 Å². The Morgan fingerprint density at radius 3 is 2.55 bits per heavy atom. The number of methoxy groups -OCH3 is 1. The van der Waals surface area contributed by atoms with E-state index in [1.165, 1.54) is 5.56 Å². The Labute approximate surface area is 122 Å². The Bertz CT molecular complexity index is 417. The molecule has 1 saturated heterocycles. The highest BCUT2D eigenvalue weighted by Gasteiger charge is 2.21. The molecule has 2 rings (SSSR count). The molecule has 0 aliphatic carbocycles. The average molecular weight is 278 g/mol. The molecule has 0 unspecified atom stereocenters. The SMILES string of the molecule is CCOc1cc([C@H](CC)N2CCNCC2)ccc1OC. The van der Waals surface area contributed by atoms with Gasteiger partial charge in [0.25, 0.3) is 0 Å². The second-order valence-electron chi connectivity index (χ2n) is 5.05. The smallest absolute Gasteiger partial charge is 0.161 e. The Kier molecular flexibility index (Phi) is 5.68. The molecule has 1 atom stereocenters. The Balaban J connectivity index is 2.22. The number of nitrogens with one attached hydrogen (secondary N) is 1. The fraction of sp³-hybridized carbons (Fsp3) is 0.625. The van der Waals surface area contributed by atoms with E-state index in [-0.39, 0.29) is 0 Å². The third kappa shape index (κ3) is 3.44. The lowest BCUT2D eigenvalue weighted by Crippen LogP contribution is -2.45. The molecule has 112 valence electrons. The maximum atomic E-state index is 5.69. The number of hydrogen-bond acceptors (Lipinski definition) is 4. The summed E-state index contributed by atoms with van der Waals surface area (Å²) in [6.45, 7) is 9.26. The molecule has 1 fully saturated rings. The molecule has 1 aliphatic rings. The summed E-state index contributed by atoms with van der Waals surface area (Å²) in [6.07, 6.45) is 1.11. The lowest BCUT2D eigenvalue weighted by atomic mass is 10.0. The summed E-state index contributed by atoms with van der Waals surface area (Å²) in [6, 6.07) is 6.78. The third-order valence-corrected chi connectivity index (χ3v) is 3.85. The molecule has 0 radical (unpaired) electrons. The van der Waals surface area contributed by atoms with Gasteiger partial charge in [-0.3, -0.25) is 4.90 Å². The molecule has 0 spiro atoms. The van der Waals surface area contributed by atoms with Gasteiger partial charge in [0.2, 0.25) is 0 Å². The zero-order chi connectivity index (χ0) is 14.4. The van der Waals surface area contributed by atoms with Crippen LogP contribution in [0.2, 0.25) is 0 Å². The van der Waals surface area contributed by atoms with Gasteiger partial charge in [-0.15, -0.1) is 0 Å². The summed E-state index contributed by atoms with van der Waals surface area (Å²) in [5.41, 5.74) is 1.32. The summed E-state index contributed by atoms with van der Waals surface area (Å²) >= 11 is 0. The summed E-state index contributed by atoms with van der Waals surface area (Å²) < 4.78 is 11.1. The molecule has 0 aromatic heterocycles. The number of benzene rings is 1. The average Bonchev–Trinajstić information content (AvgIpc) is 2.50. The van der Waals surface area contributed by atoms with E-state index in [4.69, 9.17) is 9.47 Å². The van der Waals surface area contributed by atoms with Gasteiger partial charge >= 0.3 is 0 Å². The lowest BCUT2D eigenvalue weighted by Gasteiger charge is -2.35. The number of ether oxygens (including phenoxy) is 2. The highest BCUT2D eigenvalue weighted by Crippen LogP contribution is 2.33. The van der Waals surface area contributed by atoms with Crippen molar-refractivity contribution in [1.82, 2.24) is 10.2 Å². The van der Waals surface area contributed by atoms with Gasteiger partial charge < -0.3 is 14.8 Å². The van der Waals surface area contributed by atoms with Gasteiger partial charge in [0.05, 0.1) is 13.7 Å². The molecule has 20 heavy (non-hydrogen) atoms. The minimum atomic E-state index is 0.460. The van der Waals surface area contributed by atoms with E-state index in [2.05, 4.69) is 29.3 Å². The van der Waals surface area contributed by atoms with Crippen molar-refractivity contribution in [1.29, 1.82) is 0 Å². The molecule has 0 saturated carbocycles. The third-order valence-electron chi connectivity index (χ3n) is 3.85. The molecule has 1 aromatic rings. The molecule has 1 heterocycles. The Morgan fingerprint density at radius 2 is 1.95 bits per heavy atom. The second kappa shape index (κ2) is 7.50. The standard InChI is InChI=1S/C16H26N2O2/c1-4-14(18-10-8-17-9-11-18)13-6-7-15(19-3)16(12-13)20-5-2/h6-7,12,14,17H,4-5,8-11H2,1-3H3/t14-/m0/s1. The maximum absolute atomic E-state index is 5.69. The van der Waals surface area contributed by atoms with Crippen LogP contribution in [0.1, 0.15) is 31.9 Å². The van der Waals surface area contributed by atoms with Gasteiger partial charge in [0.1, 0.15) is 0 Å². The molecule has 1 aliphatic heterocycles. The molecule has 1 aromatic carbocycles. The maximum Gasteiger partial charge on any atom is 0.161 e. The van der Waals surface area contributed by atoms with Gasteiger partial charge in [0, 0.05) is 32.2 Å². The lowest BCUT2D eigenvalue weighted by molar-refractivity contribution is 0.169. The second-order valence-corrected chi connectivity index (χ2v) is 5.05. The van der Waals surface area contributed by atoms with Gasteiger partial charge in [-0.1, -0.05) is 13.0 Å². The summed E-state index contributed by atoms with van der Waals surface area (Å²) in [5, 5.41) is 3.41. The van der Waals surface area contributed by atoms with Crippen LogP contribution in [-0.4, -0.2) is 44.8 Å². The summed E-state index contributed by atoms with van der Waals surface area (Å²) in [7, 11) is 1.69. The summed E-state index contributed by atoms with van der Waals surface area (Å²) in [5.74, 6) is 1.66. The van der Waals surface area contributed by atoms with Crippen molar-refractivity contribution < 1.29 is 9.47 Å². The van der Waals surface area contributed by atoms with Crippen LogP contribution in [0.5, 0.6) is 11.5 Å². The largest absolute Gasteiger partial charge is 0.493 e. The Hall–Kier alpha value is -1.26. The van der Waals surface area contributed by atoms with E-state index < -0.39 is 0 Å². The minimum Gasteiger partial charge on any atom is -0.493 e. The minimum absolute atomic E-state index is 0.460. The van der Waals surface area contributed by atoms with Crippen molar-refractivity contribution in [3.8, 4) is 11.5 Å². The fourth-order valence-corrected chi connectivity index (χ4v) is 2.87. The molecular weight excluding hydrogens is 252 g/mol. The van der Waals surface area contributed by atoms with Crippen molar-refractivity contribution >= 4 is 0 Å². The van der Waals surface area contributed by atoms with Crippen LogP contribution in [0.15, 0.2) is 18.2 Å². The van der Waals surface area contributed by atoms with Crippen LogP contribution in [0, 0.1) is 0 Å². The van der Waals surface area contributed by atoms with Crippen molar-refractivity contribution in [2.75, 3.05) is 39.9 Å². The zero-order valence-electron chi connectivity index (χ0n) is 12.8. The number of hydrogen-bond donors (Lipinski definition) is 1. The zero-order valence-corrected chi connectivity index (χ0v) is 12.8. The first-order valence-electron chi connectivity index (χ1n) is 7.55. The molecule has 1 N–H and O–H groups in total. The molecule has 4 heteroatoms. The van der Waals surface area contributed by atoms with E-state index in [1.54, 1.807) is 7.11 Å². The first-order chi connectivity index (χ1) is 9.80. The number of piperazine rings is 1. The topological polar surface area (TPSA) is 33.7 Å². The van der Waals surface area contributed by atoms with Gasteiger partial charge in [-0.05, 0) is 31.0 Å². The van der Waals surface area contributed by atoms with E-state index in [0.29, 0.717) is 12.6 Å². The normalized spacial score (nSPS) is 17.8. The van der Waals surface area contributed by atoms with Crippen LogP contribution in [0.3, 0.4) is 0 Å². The van der Waals surface area contributed by atoms with Crippen LogP contribution in [0.25, 0.3) is 0 Å². The fourth-order valence-electron chi connectivity index (χ4n) is 2.87. The summed E-state index contributed by atoms with van der Waals surface area (Å²) in [4.78, 5) is 2.55. The molecule has 0 amide bonds. The van der Waals surface area contributed by atoms with Crippen molar-refractivity contribution in [3.05, 3.63) is 23.8 Å². The highest BCUT2D eigenvalue weighted by molar-refractivity contribution is 5.44. The van der Waals surface area contributed by atoms with Crippen LogP contribution < -0.4 is 14.8 Å². The predicted octanol–water partition coefficient (Wildman–Crippen LogP) is 2.45. The van der Waals surface area contributed by atoms with Crippen LogP contribution in [-0.2, 0) is 0 Å². The number of rotatable bonds is 6. The van der Waals surface area contributed by atoms with Crippen LogP contribution >= 0.6 is 0 Å². The number of nitrogens with zero attached hydrogens (tertiary/aromatic N) is 1. The van der Waals surface area contributed by atoms with Crippen molar-refractivity contribution in [2.24, 2.45) is 0 Å². The molecular formula is C16H26N2O2. The predicted molar refractivity (Wildman–Crippen MR) is 81.6 cm³/mol. The van der Waals surface area contributed by atoms with Gasteiger partial charge in [-0.2, -0.15) is 0 Å². The van der Waals surface area contributed by atoms with E-state index in [0.717, 1.165) is 44.1 Å². The van der Waals surface area contributed by atoms with Crippen molar-refractivity contribution in [3.63, 3.8) is 0 Å². The van der Waals surface area contributed by atoms with E-state index in [1.807, 2.05) is 13.0 Å². The van der Waals surface area contributed by atoms with E-state index in [9.17, 15) is 0 Å². The first-order valence-corrected chi connectivity index (χ1v) is 7.55.